The summed E-state index contributed by atoms with van der Waals surface area (Å²) in [7, 11) is 0. The van der Waals surface area contributed by atoms with Gasteiger partial charge in [0.2, 0.25) is 0 Å². The molecule has 0 N–H and O–H groups in total. The van der Waals surface area contributed by atoms with Gasteiger partial charge in [-0.1, -0.05) is 163 Å². The van der Waals surface area contributed by atoms with Crippen LogP contribution in [0.3, 0.4) is 0 Å². The number of hydrogen-bond acceptors (Lipinski definition) is 2. The lowest BCUT2D eigenvalue weighted by molar-refractivity contribution is 0.669. The smallest absolute Gasteiger partial charge is 0.135 e. The number of nitrogens with zero attached hydrogens (tertiary/aromatic N) is 1. The second kappa shape index (κ2) is 15.5. The number of fused-ring (bicyclic) bond motifs is 4. The molecule has 0 aliphatic carbocycles. The van der Waals surface area contributed by atoms with Crippen LogP contribution in [0.4, 0.5) is 17.1 Å². The first-order valence-electron chi connectivity index (χ1n) is 19.6. The summed E-state index contributed by atoms with van der Waals surface area (Å²) in [5.74, 6) is 0. The fourth-order valence-electron chi connectivity index (χ4n) is 7.84. The molecule has 0 radical (unpaired) electrons. The first-order chi connectivity index (χ1) is 28.0. The molecule has 0 saturated heterocycles. The topological polar surface area (TPSA) is 16.4 Å². The van der Waals surface area contributed by atoms with Gasteiger partial charge in [0, 0.05) is 27.5 Å². The highest BCUT2D eigenvalue weighted by atomic mass is 16.3. The van der Waals surface area contributed by atoms with Crippen LogP contribution in [0.1, 0.15) is 16.7 Å². The van der Waals surface area contributed by atoms with Crippen molar-refractivity contribution in [1.29, 1.82) is 0 Å². The molecule has 0 aliphatic heterocycles. The number of rotatable bonds is 6. The highest BCUT2D eigenvalue weighted by Gasteiger charge is 2.18. The lowest BCUT2D eigenvalue weighted by atomic mass is 9.92. The van der Waals surface area contributed by atoms with E-state index in [-0.39, 0.29) is 0 Å². The number of aryl methyl sites for hydroxylation is 3. The molecule has 2 nitrogen and oxygen atoms in total. The zero-order chi connectivity index (χ0) is 38.7. The van der Waals surface area contributed by atoms with Crippen molar-refractivity contribution in [1.82, 2.24) is 0 Å². The van der Waals surface area contributed by atoms with Gasteiger partial charge in [-0.05, 0) is 119 Å². The van der Waals surface area contributed by atoms with Gasteiger partial charge in [-0.15, -0.1) is 0 Å². The maximum absolute atomic E-state index is 6.19. The molecule has 10 aromatic rings. The van der Waals surface area contributed by atoms with Crippen molar-refractivity contribution in [2.24, 2.45) is 0 Å². The molecule has 0 spiro atoms. The number of para-hydroxylation sites is 1. The standard InChI is InChI=1S/C48H35NO.C7H8/c1-32-10-3-5-13-41(32)44-30-38(19-18-33(44)2)36-22-20-34(21-23-36)35-24-26-39(27-25-35)49(46-16-9-12-37-11-4-6-14-42(37)46)40-28-29-48-45(31-40)43-15-7-8-17-47(43)50-48;1-7-5-3-2-4-6-7/h3-31H,1-2H3;2-6H,1H3. The van der Waals surface area contributed by atoms with E-state index in [0.717, 1.165) is 39.0 Å². The molecule has 0 amide bonds. The minimum absolute atomic E-state index is 0.892. The first-order valence-corrected chi connectivity index (χ1v) is 19.6. The Hall–Kier alpha value is -7.16. The normalized spacial score (nSPS) is 11.1. The van der Waals surface area contributed by atoms with E-state index in [4.69, 9.17) is 4.42 Å². The molecular weight excluding hydrogens is 691 g/mol. The summed E-state index contributed by atoms with van der Waals surface area (Å²) < 4.78 is 6.19. The van der Waals surface area contributed by atoms with Gasteiger partial charge < -0.3 is 9.32 Å². The van der Waals surface area contributed by atoms with Gasteiger partial charge in [-0.2, -0.15) is 0 Å². The molecule has 0 saturated carbocycles. The Balaban J connectivity index is 0.000000548. The van der Waals surface area contributed by atoms with Crippen molar-refractivity contribution < 1.29 is 4.42 Å². The van der Waals surface area contributed by atoms with E-state index < -0.39 is 0 Å². The first kappa shape index (κ1) is 35.5. The van der Waals surface area contributed by atoms with Crippen LogP contribution in [0, 0.1) is 20.8 Å². The minimum Gasteiger partial charge on any atom is -0.456 e. The summed E-state index contributed by atoms with van der Waals surface area (Å²) in [6, 6.07) is 73.5. The molecule has 1 heterocycles. The maximum atomic E-state index is 6.19. The van der Waals surface area contributed by atoms with E-state index in [9.17, 15) is 0 Å². The fraction of sp³-hybridized carbons (Fsp3) is 0.0545. The Morgan fingerprint density at radius 2 is 0.912 bits per heavy atom. The average Bonchev–Trinajstić information content (AvgIpc) is 3.63. The van der Waals surface area contributed by atoms with Crippen molar-refractivity contribution in [2.75, 3.05) is 4.90 Å². The van der Waals surface area contributed by atoms with Gasteiger partial charge in [0.05, 0.1) is 5.69 Å². The van der Waals surface area contributed by atoms with Gasteiger partial charge in [-0.25, -0.2) is 0 Å². The molecule has 0 aliphatic rings. The molecule has 2 heteroatoms. The average molecular weight is 734 g/mol. The molecule has 10 rings (SSSR count). The van der Waals surface area contributed by atoms with E-state index in [1.54, 1.807) is 0 Å². The van der Waals surface area contributed by atoms with Crippen LogP contribution in [0.2, 0.25) is 0 Å². The Labute approximate surface area is 334 Å². The summed E-state index contributed by atoms with van der Waals surface area (Å²) in [4.78, 5) is 2.36. The summed E-state index contributed by atoms with van der Waals surface area (Å²) >= 11 is 0. The Bertz CT molecular complexity index is 2970. The number of anilines is 3. The molecule has 57 heavy (non-hydrogen) atoms. The Morgan fingerprint density at radius 3 is 1.65 bits per heavy atom. The van der Waals surface area contributed by atoms with E-state index >= 15 is 0 Å². The third-order valence-corrected chi connectivity index (χ3v) is 10.9. The van der Waals surface area contributed by atoms with Crippen molar-refractivity contribution in [3.05, 3.63) is 223 Å². The van der Waals surface area contributed by atoms with Crippen molar-refractivity contribution in [3.8, 4) is 33.4 Å². The quantitative estimate of drug-likeness (QED) is 0.169. The van der Waals surface area contributed by atoms with E-state index in [1.807, 2.05) is 30.3 Å². The predicted octanol–water partition coefficient (Wildman–Crippen LogP) is 15.8. The van der Waals surface area contributed by atoms with Crippen LogP contribution in [0.5, 0.6) is 0 Å². The van der Waals surface area contributed by atoms with Crippen LogP contribution in [-0.4, -0.2) is 0 Å². The Morgan fingerprint density at radius 1 is 0.351 bits per heavy atom. The van der Waals surface area contributed by atoms with Crippen LogP contribution < -0.4 is 4.90 Å². The molecule has 0 unspecified atom stereocenters. The van der Waals surface area contributed by atoms with Crippen molar-refractivity contribution in [3.63, 3.8) is 0 Å². The third kappa shape index (κ3) is 7.22. The summed E-state index contributed by atoms with van der Waals surface area (Å²) in [6.45, 7) is 6.46. The predicted molar refractivity (Wildman–Crippen MR) is 243 cm³/mol. The second-order valence-electron chi connectivity index (χ2n) is 14.7. The lowest BCUT2D eigenvalue weighted by Crippen LogP contribution is -2.10. The van der Waals surface area contributed by atoms with Gasteiger partial charge in [-0.3, -0.25) is 0 Å². The summed E-state index contributed by atoms with van der Waals surface area (Å²) in [5.41, 5.74) is 16.4. The second-order valence-corrected chi connectivity index (χ2v) is 14.7. The van der Waals surface area contributed by atoms with Gasteiger partial charge in [0.25, 0.3) is 0 Å². The number of furan rings is 1. The van der Waals surface area contributed by atoms with Gasteiger partial charge in [0.15, 0.2) is 0 Å². The van der Waals surface area contributed by atoms with E-state index in [1.165, 1.54) is 60.8 Å². The Kier molecular flexibility index (Phi) is 9.68. The van der Waals surface area contributed by atoms with Crippen molar-refractivity contribution in [2.45, 2.75) is 20.8 Å². The molecule has 274 valence electrons. The zero-order valence-corrected chi connectivity index (χ0v) is 32.5. The molecule has 0 fully saturated rings. The van der Waals surface area contributed by atoms with Gasteiger partial charge in [0.1, 0.15) is 11.2 Å². The number of hydrogen-bond donors (Lipinski definition) is 0. The highest BCUT2D eigenvalue weighted by Crippen LogP contribution is 2.42. The third-order valence-electron chi connectivity index (χ3n) is 10.9. The van der Waals surface area contributed by atoms with E-state index in [0.29, 0.717) is 0 Å². The van der Waals surface area contributed by atoms with Crippen LogP contribution in [-0.2, 0) is 0 Å². The molecule has 0 bridgehead atoms. The fourth-order valence-corrected chi connectivity index (χ4v) is 7.84. The SMILES string of the molecule is Cc1ccccc1.Cc1ccccc1-c1cc(-c2ccc(-c3ccc(N(c4ccc5oc6ccccc6c5c4)c4cccc5ccccc45)cc3)cc2)ccc1C. The molecular formula is C55H43NO. The summed E-state index contributed by atoms with van der Waals surface area (Å²) in [6.07, 6.45) is 0. The maximum Gasteiger partial charge on any atom is 0.135 e. The largest absolute Gasteiger partial charge is 0.456 e. The highest BCUT2D eigenvalue weighted by molar-refractivity contribution is 6.07. The van der Waals surface area contributed by atoms with Crippen LogP contribution >= 0.6 is 0 Å². The van der Waals surface area contributed by atoms with Crippen LogP contribution in [0.25, 0.3) is 66.1 Å². The minimum atomic E-state index is 0.892. The molecule has 1 aromatic heterocycles. The van der Waals surface area contributed by atoms with Crippen LogP contribution in [0.15, 0.2) is 211 Å². The lowest BCUT2D eigenvalue weighted by Gasteiger charge is -2.27. The van der Waals surface area contributed by atoms with Crippen molar-refractivity contribution >= 4 is 49.8 Å². The van der Waals surface area contributed by atoms with E-state index in [2.05, 4.69) is 202 Å². The monoisotopic (exact) mass is 733 g/mol. The zero-order valence-electron chi connectivity index (χ0n) is 32.5. The van der Waals surface area contributed by atoms with Gasteiger partial charge >= 0.3 is 0 Å². The number of benzene rings is 9. The summed E-state index contributed by atoms with van der Waals surface area (Å²) in [5, 5.41) is 4.65. The molecule has 0 atom stereocenters. The molecule has 9 aromatic carbocycles.